The van der Waals surface area contributed by atoms with Crippen LogP contribution in [-0.2, 0) is 11.3 Å². The molecule has 184 valence electrons. The third-order valence-corrected chi connectivity index (χ3v) is 9.34. The number of hydrogen-bond donors (Lipinski definition) is 1. The molecule has 2 aromatic rings. The van der Waals surface area contributed by atoms with Crippen LogP contribution in [0.4, 0.5) is 5.69 Å². The molecule has 0 saturated carbocycles. The molecule has 1 atom stereocenters. The zero-order valence-electron chi connectivity index (χ0n) is 20.7. The summed E-state index contributed by atoms with van der Waals surface area (Å²) in [7, 11) is 0.422. The van der Waals surface area contributed by atoms with Crippen molar-refractivity contribution >= 4 is 30.9 Å². The highest BCUT2D eigenvalue weighted by Gasteiger charge is 2.33. The maximum atomic E-state index is 12.5. The summed E-state index contributed by atoms with van der Waals surface area (Å²) in [6.07, 6.45) is 12.9. The number of unbranched alkanes of at least 4 members (excludes halogenated alkanes) is 3. The van der Waals surface area contributed by atoms with Crippen LogP contribution in [0.5, 0.6) is 5.75 Å². The number of amides is 1. The molecule has 1 unspecified atom stereocenters. The molecule has 0 fully saturated rings. The Kier molecular flexibility index (Phi) is 13.7. The highest BCUT2D eigenvalue weighted by molar-refractivity contribution is 7.57. The van der Waals surface area contributed by atoms with Crippen molar-refractivity contribution in [1.82, 2.24) is 0 Å². The molecule has 0 bridgehead atoms. The van der Waals surface area contributed by atoms with Crippen LogP contribution < -0.4 is 9.64 Å². The maximum absolute atomic E-state index is 12.5. The molecule has 4 nitrogen and oxygen atoms in total. The smallest absolute Gasteiger partial charge is 0.268 e. The molecule has 0 aliphatic carbocycles. The van der Waals surface area contributed by atoms with Crippen LogP contribution in [0.3, 0.4) is 0 Å². The largest absolute Gasteiger partial charge is 0.478 e. The maximum Gasteiger partial charge on any atom is 0.268 e. The van der Waals surface area contributed by atoms with E-state index in [1.165, 1.54) is 38.5 Å². The Labute approximate surface area is 206 Å². The number of para-hydroxylation sites is 2. The van der Waals surface area contributed by atoms with Crippen LogP contribution in [0.25, 0.3) is 0 Å². The van der Waals surface area contributed by atoms with Gasteiger partial charge in [-0.25, -0.2) is 0 Å². The number of nitrogens with zero attached hydrogens (tertiary/aromatic N) is 1. The van der Waals surface area contributed by atoms with E-state index in [4.69, 9.17) is 9.84 Å². The molecule has 1 aliphatic heterocycles. The minimum absolute atomic E-state index is 0.0646. The molecular weight excluding hydrogens is 449 g/mol. The molecule has 6 heteroatoms. The average molecular weight is 492 g/mol. The van der Waals surface area contributed by atoms with Crippen molar-refractivity contribution in [2.24, 2.45) is 0 Å². The number of benzene rings is 1. The molecule has 0 radical (unpaired) electrons. The van der Waals surface area contributed by atoms with Crippen LogP contribution in [0, 0.1) is 0 Å². The first-order valence-corrected chi connectivity index (χ1v) is 15.4. The van der Waals surface area contributed by atoms with E-state index in [0.29, 0.717) is 26.6 Å². The van der Waals surface area contributed by atoms with Gasteiger partial charge in [-0.15, -0.1) is 7.92 Å². The second-order valence-corrected chi connectivity index (χ2v) is 12.0. The molecular formula is C27H42NO3PS. The predicted molar refractivity (Wildman–Crippen MR) is 144 cm³/mol. The van der Waals surface area contributed by atoms with Crippen LogP contribution in [0.1, 0.15) is 71.3 Å². The predicted octanol–water partition coefficient (Wildman–Crippen LogP) is 7.29. The van der Waals surface area contributed by atoms with E-state index >= 15 is 0 Å². The van der Waals surface area contributed by atoms with Gasteiger partial charge in [-0.05, 0) is 72.3 Å². The first-order chi connectivity index (χ1) is 16.1. The Morgan fingerprint density at radius 3 is 2.18 bits per heavy atom. The first kappa shape index (κ1) is 27.8. The second kappa shape index (κ2) is 16.2. The number of ether oxygens (including phenoxy) is 1. The lowest BCUT2D eigenvalue weighted by Gasteiger charge is -2.34. The molecule has 1 aromatic carbocycles. The molecule has 1 aromatic heterocycles. The Morgan fingerprint density at radius 1 is 1.00 bits per heavy atom. The van der Waals surface area contributed by atoms with Crippen LogP contribution >= 0.6 is 19.3 Å². The summed E-state index contributed by atoms with van der Waals surface area (Å²) in [5.74, 6) is 0.602. The van der Waals surface area contributed by atoms with Crippen LogP contribution in [0.2, 0.25) is 0 Å². The molecule has 0 spiro atoms. The molecule has 2 heterocycles. The van der Waals surface area contributed by atoms with Crippen molar-refractivity contribution in [2.75, 3.05) is 30.0 Å². The van der Waals surface area contributed by atoms with E-state index in [2.05, 4.69) is 20.8 Å². The second-order valence-electron chi connectivity index (χ2n) is 8.54. The van der Waals surface area contributed by atoms with E-state index in [1.54, 1.807) is 34.7 Å². The first-order valence-electron chi connectivity index (χ1n) is 12.6. The number of fused-ring (bicyclic) bond motifs is 1. The zero-order valence-corrected chi connectivity index (χ0v) is 22.4. The van der Waals surface area contributed by atoms with Crippen molar-refractivity contribution < 1.29 is 14.6 Å². The van der Waals surface area contributed by atoms with E-state index in [1.807, 2.05) is 41.1 Å². The topological polar surface area (TPSA) is 49.8 Å². The van der Waals surface area contributed by atoms with Gasteiger partial charge in [-0.1, -0.05) is 52.2 Å². The summed E-state index contributed by atoms with van der Waals surface area (Å²) in [5, 5.41) is 13.1. The Hall–Kier alpha value is -1.42. The number of aliphatic hydroxyl groups excluding tert-OH is 1. The summed E-state index contributed by atoms with van der Waals surface area (Å²) in [6.45, 7) is 7.41. The minimum atomic E-state index is -0.603. The third-order valence-electron chi connectivity index (χ3n) is 5.76. The quantitative estimate of drug-likeness (QED) is 0.299. The lowest BCUT2D eigenvalue weighted by Crippen LogP contribution is -2.45. The number of anilines is 1. The van der Waals surface area contributed by atoms with Gasteiger partial charge in [-0.3, -0.25) is 4.79 Å². The van der Waals surface area contributed by atoms with E-state index < -0.39 is 6.10 Å². The van der Waals surface area contributed by atoms with E-state index in [9.17, 15) is 4.79 Å². The summed E-state index contributed by atoms with van der Waals surface area (Å²) in [5.41, 5.74) is 1.89. The van der Waals surface area contributed by atoms with Gasteiger partial charge in [0.1, 0.15) is 5.75 Å². The fraction of sp³-hybridized carbons (Fsp3) is 0.593. The Balaban J connectivity index is 0.000000260. The van der Waals surface area contributed by atoms with E-state index in [0.717, 1.165) is 11.3 Å². The summed E-state index contributed by atoms with van der Waals surface area (Å²) in [4.78, 5) is 14.2. The van der Waals surface area contributed by atoms with Gasteiger partial charge in [0.2, 0.25) is 0 Å². The Morgan fingerprint density at radius 2 is 1.64 bits per heavy atom. The minimum Gasteiger partial charge on any atom is -0.478 e. The highest BCUT2D eigenvalue weighted by Crippen LogP contribution is 2.38. The van der Waals surface area contributed by atoms with Gasteiger partial charge in [0.05, 0.1) is 12.2 Å². The molecule has 1 N–H and O–H groups in total. The third kappa shape index (κ3) is 9.39. The lowest BCUT2D eigenvalue weighted by molar-refractivity contribution is -0.127. The summed E-state index contributed by atoms with van der Waals surface area (Å²) >= 11 is 1.61. The number of hydrogen-bond acceptors (Lipinski definition) is 4. The summed E-state index contributed by atoms with van der Waals surface area (Å²) in [6, 6.07) is 9.52. The monoisotopic (exact) mass is 491 g/mol. The van der Waals surface area contributed by atoms with Gasteiger partial charge in [0, 0.05) is 13.0 Å². The van der Waals surface area contributed by atoms with Crippen molar-refractivity contribution in [3.63, 3.8) is 0 Å². The molecule has 3 rings (SSSR count). The number of carbonyl (C=O) groups excluding carboxylic acids is 1. The normalized spacial score (nSPS) is 15.1. The van der Waals surface area contributed by atoms with Gasteiger partial charge < -0.3 is 14.7 Å². The van der Waals surface area contributed by atoms with E-state index in [-0.39, 0.29) is 12.5 Å². The van der Waals surface area contributed by atoms with Gasteiger partial charge in [0.25, 0.3) is 5.91 Å². The number of carbonyl (C=O) groups is 1. The van der Waals surface area contributed by atoms with Crippen molar-refractivity contribution in [1.29, 1.82) is 0 Å². The number of aliphatic hydroxyl groups is 1. The SMILES string of the molecule is CCCCP(CCCC)CCCC.O=C1C(CCO)Oc2ccccc2N1Cc1ccsc1. The number of rotatable bonds is 13. The average Bonchev–Trinajstić information content (AvgIpc) is 3.35. The summed E-state index contributed by atoms with van der Waals surface area (Å²) < 4.78 is 5.69. The number of thiophene rings is 1. The van der Waals surface area contributed by atoms with Crippen molar-refractivity contribution in [3.05, 3.63) is 46.7 Å². The highest BCUT2D eigenvalue weighted by atomic mass is 32.1. The van der Waals surface area contributed by atoms with Gasteiger partial charge in [0.15, 0.2) is 6.10 Å². The van der Waals surface area contributed by atoms with Crippen molar-refractivity contribution in [2.45, 2.75) is 78.4 Å². The molecule has 1 amide bonds. The van der Waals surface area contributed by atoms with Crippen LogP contribution in [-0.4, -0.2) is 42.2 Å². The van der Waals surface area contributed by atoms with Gasteiger partial charge >= 0.3 is 0 Å². The van der Waals surface area contributed by atoms with Crippen LogP contribution in [0.15, 0.2) is 41.1 Å². The molecule has 1 aliphatic rings. The zero-order chi connectivity index (χ0) is 23.9. The van der Waals surface area contributed by atoms with Gasteiger partial charge in [-0.2, -0.15) is 11.3 Å². The fourth-order valence-electron chi connectivity index (χ4n) is 3.78. The standard InChI is InChI=1S/C15H15NO3S.C12H27P/c17-7-5-14-15(18)16(9-11-6-8-20-10-11)12-3-1-2-4-13(12)19-14;1-4-7-10-13(11-8-5-2)12-9-6-3/h1-4,6,8,10,14,17H,5,7,9H2;4-12H2,1-3H3. The molecule has 0 saturated heterocycles. The van der Waals surface area contributed by atoms with Crippen molar-refractivity contribution in [3.8, 4) is 5.75 Å². The molecule has 33 heavy (non-hydrogen) atoms. The Bertz CT molecular complexity index is 764. The lowest BCUT2D eigenvalue weighted by atomic mass is 10.1. The fourth-order valence-corrected chi connectivity index (χ4v) is 7.41.